The Labute approximate surface area is 246 Å². The van der Waals surface area contributed by atoms with Crippen LogP contribution < -0.4 is 0 Å². The zero-order valence-electron chi connectivity index (χ0n) is 25.8. The summed E-state index contributed by atoms with van der Waals surface area (Å²) in [4.78, 5) is 24.4. The molecule has 0 aromatic heterocycles. The average molecular weight is 591 g/mol. The lowest BCUT2D eigenvalue weighted by molar-refractivity contribution is -0.156. The zero-order chi connectivity index (χ0) is 30.1. The monoisotopic (exact) mass is 590 g/mol. The molecule has 0 aliphatic carbocycles. The minimum absolute atomic E-state index is 0.0610. The highest BCUT2D eigenvalue weighted by Gasteiger charge is 2.55. The molecule has 0 bridgehead atoms. The quantitative estimate of drug-likeness (QED) is 0.0561. The van der Waals surface area contributed by atoms with Crippen LogP contribution in [0.25, 0.3) is 0 Å². The molecule has 0 saturated heterocycles. The van der Waals surface area contributed by atoms with Gasteiger partial charge < -0.3 is 10.2 Å². The molecule has 7 nitrogen and oxygen atoms in total. The number of rotatable bonds is 30. The van der Waals surface area contributed by atoms with Crippen LogP contribution in [0.3, 0.4) is 0 Å². The first-order valence-corrected chi connectivity index (χ1v) is 18.1. The average Bonchev–Trinajstić information content (AvgIpc) is 2.88. The minimum atomic E-state index is -5.08. The van der Waals surface area contributed by atoms with Crippen molar-refractivity contribution < 1.29 is 32.8 Å². The molecule has 0 spiro atoms. The number of unbranched alkanes of at least 4 members (excludes halogenated alkanes) is 22. The van der Waals surface area contributed by atoms with Gasteiger partial charge in [-0.05, 0) is 12.8 Å². The summed E-state index contributed by atoms with van der Waals surface area (Å²) in [5, 5.41) is 17.4. The predicted molar refractivity (Wildman–Crippen MR) is 164 cm³/mol. The third-order valence-electron chi connectivity index (χ3n) is 8.40. The van der Waals surface area contributed by atoms with Crippen molar-refractivity contribution in [2.75, 3.05) is 0 Å². The second kappa shape index (κ2) is 24.4. The van der Waals surface area contributed by atoms with E-state index in [1.807, 2.05) is 0 Å². The van der Waals surface area contributed by atoms with E-state index in [1.54, 1.807) is 0 Å². The largest absolute Gasteiger partial charge is 0.481 e. The van der Waals surface area contributed by atoms with Gasteiger partial charge >= 0.3 is 11.9 Å². The van der Waals surface area contributed by atoms with Crippen LogP contribution in [0.5, 0.6) is 0 Å². The molecule has 0 aromatic rings. The van der Waals surface area contributed by atoms with Gasteiger partial charge in [-0.1, -0.05) is 168 Å². The van der Waals surface area contributed by atoms with E-state index in [1.165, 1.54) is 89.9 Å². The maximum Gasteiger partial charge on any atom is 0.325 e. The summed E-state index contributed by atoms with van der Waals surface area (Å²) in [7, 11) is -5.08. The van der Waals surface area contributed by atoms with Crippen LogP contribution >= 0.6 is 0 Å². The number of carboxylic acids is 2. The summed E-state index contributed by atoms with van der Waals surface area (Å²) in [5.41, 5.74) is -2.02. The van der Waals surface area contributed by atoms with Crippen molar-refractivity contribution in [2.45, 2.75) is 186 Å². The Morgan fingerprint density at radius 2 is 0.775 bits per heavy atom. The van der Waals surface area contributed by atoms with Gasteiger partial charge in [-0.3, -0.25) is 14.1 Å². The second-order valence-electron chi connectivity index (χ2n) is 12.0. The number of aliphatic carboxylic acids is 2. The molecule has 3 N–H and O–H groups in total. The van der Waals surface area contributed by atoms with Crippen LogP contribution in [0.4, 0.5) is 0 Å². The van der Waals surface area contributed by atoms with Crippen molar-refractivity contribution in [3.63, 3.8) is 0 Å². The topological polar surface area (TPSA) is 129 Å². The van der Waals surface area contributed by atoms with Crippen molar-refractivity contribution in [3.8, 4) is 0 Å². The molecule has 0 fully saturated rings. The first-order chi connectivity index (χ1) is 19.1. The summed E-state index contributed by atoms with van der Waals surface area (Å²) in [5.74, 6) is -3.23. The Balaban J connectivity index is 4.65. The van der Waals surface area contributed by atoms with Gasteiger partial charge in [0.15, 0.2) is 5.25 Å². The number of hydrogen-bond acceptors (Lipinski definition) is 4. The fourth-order valence-corrected chi connectivity index (χ4v) is 7.09. The first kappa shape index (κ1) is 38.9. The van der Waals surface area contributed by atoms with Crippen LogP contribution in [0, 0.1) is 5.41 Å². The highest BCUT2D eigenvalue weighted by atomic mass is 32.2. The molecule has 0 aliphatic rings. The molecule has 0 rings (SSSR count). The molecular weight excluding hydrogens is 528 g/mol. The molecular formula is C32H62O7S. The van der Waals surface area contributed by atoms with E-state index in [0.717, 1.165) is 51.4 Å². The molecule has 1 atom stereocenters. The predicted octanol–water partition coefficient (Wildman–Crippen LogP) is 9.58. The molecule has 0 saturated carbocycles. The third-order valence-corrected chi connectivity index (χ3v) is 9.65. The number of carbonyl (C=O) groups is 2. The standard InChI is InChI=1S/C32H62O7S/c1-3-5-7-9-11-13-15-17-19-21-23-25-27-32(31(35)36,29(30(33)34)40(37,38)39)28-26-24-22-20-18-16-14-12-10-8-6-4-2/h29H,3-28H2,1-2H3,(H,33,34)(H,35,36)(H,37,38,39). The lowest BCUT2D eigenvalue weighted by Gasteiger charge is -2.33. The van der Waals surface area contributed by atoms with Crippen LogP contribution in [0.1, 0.15) is 181 Å². The maximum atomic E-state index is 12.4. The summed E-state index contributed by atoms with van der Waals surface area (Å²) < 4.78 is 33.9. The Bertz CT molecular complexity index is 708. The third kappa shape index (κ3) is 18.3. The van der Waals surface area contributed by atoms with Crippen LogP contribution in [0.2, 0.25) is 0 Å². The molecule has 0 heterocycles. The Kier molecular flexibility index (Phi) is 23.7. The van der Waals surface area contributed by atoms with E-state index in [-0.39, 0.29) is 12.8 Å². The SMILES string of the molecule is CCCCCCCCCCCCCCC(CCCCCCCCCCCCCC)(C(=O)O)C(C(=O)O)S(=O)(=O)O. The van der Waals surface area contributed by atoms with Gasteiger partial charge in [-0.2, -0.15) is 8.42 Å². The smallest absolute Gasteiger partial charge is 0.325 e. The maximum absolute atomic E-state index is 12.4. The zero-order valence-corrected chi connectivity index (χ0v) is 26.7. The first-order valence-electron chi connectivity index (χ1n) is 16.6. The normalized spacial score (nSPS) is 13.0. The molecule has 8 heteroatoms. The van der Waals surface area contributed by atoms with Gasteiger partial charge in [0.1, 0.15) is 0 Å². The lowest BCUT2D eigenvalue weighted by Crippen LogP contribution is -2.51. The Morgan fingerprint density at radius 1 is 0.525 bits per heavy atom. The highest BCUT2D eigenvalue weighted by Crippen LogP contribution is 2.39. The van der Waals surface area contributed by atoms with E-state index in [0.29, 0.717) is 12.8 Å². The van der Waals surface area contributed by atoms with Crippen LogP contribution in [-0.4, -0.2) is 40.4 Å². The van der Waals surface area contributed by atoms with Gasteiger partial charge in [-0.15, -0.1) is 0 Å². The fraction of sp³-hybridized carbons (Fsp3) is 0.938. The van der Waals surface area contributed by atoms with Crippen LogP contribution in [-0.2, 0) is 19.7 Å². The number of hydrogen-bond donors (Lipinski definition) is 3. The van der Waals surface area contributed by atoms with Gasteiger partial charge in [0.05, 0.1) is 5.41 Å². The summed E-state index contributed by atoms with van der Waals surface area (Å²) in [6.45, 7) is 4.43. The molecule has 0 aliphatic heterocycles. The van der Waals surface area contributed by atoms with Gasteiger partial charge in [0.2, 0.25) is 0 Å². The summed E-state index contributed by atoms with van der Waals surface area (Å²) in [6, 6.07) is 0. The van der Waals surface area contributed by atoms with E-state index >= 15 is 0 Å². The lowest BCUT2D eigenvalue weighted by atomic mass is 9.74. The highest BCUT2D eigenvalue weighted by molar-refractivity contribution is 7.87. The number of carboxylic acid groups (broad SMARTS) is 2. The van der Waals surface area contributed by atoms with E-state index in [4.69, 9.17) is 0 Å². The second-order valence-corrected chi connectivity index (χ2v) is 13.5. The van der Waals surface area contributed by atoms with Crippen molar-refractivity contribution in [1.29, 1.82) is 0 Å². The summed E-state index contributed by atoms with van der Waals surface area (Å²) >= 11 is 0. The Hall–Kier alpha value is -1.15. The van der Waals surface area contributed by atoms with Crippen molar-refractivity contribution >= 4 is 22.1 Å². The minimum Gasteiger partial charge on any atom is -0.481 e. The molecule has 238 valence electrons. The molecule has 40 heavy (non-hydrogen) atoms. The van der Waals surface area contributed by atoms with E-state index in [2.05, 4.69) is 13.8 Å². The van der Waals surface area contributed by atoms with Crippen molar-refractivity contribution in [1.82, 2.24) is 0 Å². The van der Waals surface area contributed by atoms with Gasteiger partial charge in [0.25, 0.3) is 10.1 Å². The molecule has 0 radical (unpaired) electrons. The Morgan fingerprint density at radius 3 is 0.975 bits per heavy atom. The molecule has 0 aromatic carbocycles. The van der Waals surface area contributed by atoms with Crippen molar-refractivity contribution in [3.05, 3.63) is 0 Å². The summed E-state index contributed by atoms with van der Waals surface area (Å²) in [6.07, 6.45) is 26.0. The molecule has 0 amide bonds. The van der Waals surface area contributed by atoms with Gasteiger partial charge in [0, 0.05) is 0 Å². The van der Waals surface area contributed by atoms with Crippen LogP contribution in [0.15, 0.2) is 0 Å². The van der Waals surface area contributed by atoms with E-state index < -0.39 is 32.7 Å². The van der Waals surface area contributed by atoms with Gasteiger partial charge in [-0.25, -0.2) is 0 Å². The molecule has 1 unspecified atom stereocenters. The fourth-order valence-electron chi connectivity index (χ4n) is 5.92. The van der Waals surface area contributed by atoms with Crippen molar-refractivity contribution in [2.24, 2.45) is 5.41 Å². The van der Waals surface area contributed by atoms with E-state index in [9.17, 15) is 32.8 Å².